The Labute approximate surface area is 139 Å². The Hall–Kier alpha value is -1.67. The topological polar surface area (TPSA) is 81.9 Å². The van der Waals surface area contributed by atoms with Gasteiger partial charge in [0.15, 0.2) is 20.8 Å². The fourth-order valence-electron chi connectivity index (χ4n) is 2.64. The van der Waals surface area contributed by atoms with Crippen molar-refractivity contribution in [3.63, 3.8) is 0 Å². The number of hydrogen-bond donors (Lipinski definition) is 0. The summed E-state index contributed by atoms with van der Waals surface area (Å²) in [6.07, 6.45) is 0.585. The van der Waals surface area contributed by atoms with Crippen LogP contribution in [0.2, 0.25) is 0 Å². The summed E-state index contributed by atoms with van der Waals surface area (Å²) in [5.74, 6) is 1.23. The summed E-state index contributed by atoms with van der Waals surface area (Å²) in [5, 5.41) is 8.87. The molecule has 1 aliphatic rings. The van der Waals surface area contributed by atoms with E-state index in [9.17, 15) is 13.2 Å². The lowest BCUT2D eigenvalue weighted by atomic mass is 10.1. The highest BCUT2D eigenvalue weighted by atomic mass is 32.2. The molecule has 6 nitrogen and oxygen atoms in total. The van der Waals surface area contributed by atoms with Gasteiger partial charge in [-0.3, -0.25) is 4.79 Å². The first kappa shape index (κ1) is 16.2. The number of thioether (sulfide) groups is 1. The summed E-state index contributed by atoms with van der Waals surface area (Å²) < 4.78 is 25.0. The standard InChI is InChI=1S/C15H17N3O3S2/c1-18-14(12-7-8-23(20,21)10-12)16-17-15(18)22-9-13(19)11-5-3-2-4-6-11/h2-6,12H,7-10H2,1H3/t12-/m0/s1. The molecule has 0 amide bonds. The molecule has 2 heterocycles. The van der Waals surface area contributed by atoms with Crippen LogP contribution in [0, 0.1) is 0 Å². The molecule has 0 N–H and O–H groups in total. The van der Waals surface area contributed by atoms with Crippen LogP contribution >= 0.6 is 11.8 Å². The fraction of sp³-hybridized carbons (Fsp3) is 0.400. The lowest BCUT2D eigenvalue weighted by Gasteiger charge is -2.07. The maximum atomic E-state index is 12.1. The van der Waals surface area contributed by atoms with E-state index < -0.39 is 9.84 Å². The average molecular weight is 351 g/mol. The molecular formula is C15H17N3O3S2. The van der Waals surface area contributed by atoms with Crippen LogP contribution < -0.4 is 0 Å². The third-order valence-electron chi connectivity index (χ3n) is 3.89. The van der Waals surface area contributed by atoms with Gasteiger partial charge >= 0.3 is 0 Å². The summed E-state index contributed by atoms with van der Waals surface area (Å²) in [4.78, 5) is 12.1. The zero-order valence-electron chi connectivity index (χ0n) is 12.7. The van der Waals surface area contributed by atoms with E-state index in [0.29, 0.717) is 23.0 Å². The summed E-state index contributed by atoms with van der Waals surface area (Å²) in [5.41, 5.74) is 0.671. The van der Waals surface area contributed by atoms with Gasteiger partial charge < -0.3 is 4.57 Å². The van der Waals surface area contributed by atoms with E-state index in [-0.39, 0.29) is 29.0 Å². The number of ketones is 1. The number of hydrogen-bond acceptors (Lipinski definition) is 6. The highest BCUT2D eigenvalue weighted by molar-refractivity contribution is 7.99. The van der Waals surface area contributed by atoms with Crippen LogP contribution in [0.5, 0.6) is 0 Å². The van der Waals surface area contributed by atoms with Gasteiger partial charge in [0.05, 0.1) is 17.3 Å². The molecule has 23 heavy (non-hydrogen) atoms. The van der Waals surface area contributed by atoms with Crippen molar-refractivity contribution >= 4 is 27.4 Å². The molecule has 0 spiro atoms. The smallest absolute Gasteiger partial charge is 0.191 e. The van der Waals surface area contributed by atoms with Crippen LogP contribution in [-0.4, -0.2) is 46.2 Å². The van der Waals surface area contributed by atoms with Crippen LogP contribution in [0.3, 0.4) is 0 Å². The number of rotatable bonds is 5. The average Bonchev–Trinajstić information content (AvgIpc) is 3.08. The molecule has 1 atom stereocenters. The molecule has 8 heteroatoms. The van der Waals surface area contributed by atoms with Crippen molar-refractivity contribution in [2.75, 3.05) is 17.3 Å². The molecule has 1 aromatic carbocycles. The van der Waals surface area contributed by atoms with Gasteiger partial charge in [0.1, 0.15) is 5.82 Å². The van der Waals surface area contributed by atoms with Gasteiger partial charge in [-0.05, 0) is 6.42 Å². The van der Waals surface area contributed by atoms with Crippen LogP contribution in [0.4, 0.5) is 0 Å². The largest absolute Gasteiger partial charge is 0.309 e. The second kappa shape index (κ2) is 6.45. The van der Waals surface area contributed by atoms with Gasteiger partial charge in [-0.15, -0.1) is 10.2 Å². The number of benzene rings is 1. The van der Waals surface area contributed by atoms with E-state index in [4.69, 9.17) is 0 Å². The van der Waals surface area contributed by atoms with E-state index >= 15 is 0 Å². The van der Waals surface area contributed by atoms with E-state index in [1.807, 2.05) is 25.2 Å². The molecule has 1 aromatic heterocycles. The van der Waals surface area contributed by atoms with Crippen LogP contribution in [0.15, 0.2) is 35.5 Å². The molecule has 3 rings (SSSR count). The number of nitrogens with zero attached hydrogens (tertiary/aromatic N) is 3. The molecule has 0 saturated carbocycles. The third-order valence-corrected chi connectivity index (χ3v) is 6.68. The molecule has 1 saturated heterocycles. The Morgan fingerprint density at radius 3 is 2.70 bits per heavy atom. The Bertz CT molecular complexity index is 816. The molecule has 1 aliphatic heterocycles. The minimum Gasteiger partial charge on any atom is -0.309 e. The number of carbonyl (C=O) groups is 1. The third kappa shape index (κ3) is 3.64. The van der Waals surface area contributed by atoms with Crippen LogP contribution in [0.25, 0.3) is 0 Å². The van der Waals surface area contributed by atoms with Gasteiger partial charge in [0, 0.05) is 18.5 Å². The summed E-state index contributed by atoms with van der Waals surface area (Å²) in [7, 11) is -1.14. The molecular weight excluding hydrogens is 334 g/mol. The van der Waals surface area contributed by atoms with Gasteiger partial charge in [0.25, 0.3) is 0 Å². The van der Waals surface area contributed by atoms with Crippen molar-refractivity contribution in [1.29, 1.82) is 0 Å². The first-order valence-corrected chi connectivity index (χ1v) is 10.1. The lowest BCUT2D eigenvalue weighted by molar-refractivity contribution is 0.102. The van der Waals surface area contributed by atoms with Crippen molar-refractivity contribution in [3.05, 3.63) is 41.7 Å². The highest BCUT2D eigenvalue weighted by Gasteiger charge is 2.32. The molecule has 0 radical (unpaired) electrons. The normalized spacial score (nSPS) is 19.8. The molecule has 122 valence electrons. The van der Waals surface area contributed by atoms with Crippen molar-refractivity contribution < 1.29 is 13.2 Å². The van der Waals surface area contributed by atoms with Crippen LogP contribution in [0.1, 0.15) is 28.5 Å². The molecule has 0 aliphatic carbocycles. The predicted molar refractivity (Wildman–Crippen MR) is 88.5 cm³/mol. The van der Waals surface area contributed by atoms with Gasteiger partial charge in [0.2, 0.25) is 0 Å². The fourth-order valence-corrected chi connectivity index (χ4v) is 5.20. The van der Waals surface area contributed by atoms with E-state index in [2.05, 4.69) is 10.2 Å². The predicted octanol–water partition coefficient (Wildman–Crippen LogP) is 1.69. The SMILES string of the molecule is Cn1c(SCC(=O)c2ccccc2)nnc1[C@H]1CCS(=O)(=O)C1. The Balaban J connectivity index is 1.67. The van der Waals surface area contributed by atoms with E-state index in [1.54, 1.807) is 16.7 Å². The Morgan fingerprint density at radius 2 is 2.04 bits per heavy atom. The monoisotopic (exact) mass is 351 g/mol. The minimum absolute atomic E-state index is 0.0311. The molecule has 0 unspecified atom stereocenters. The maximum absolute atomic E-state index is 12.1. The van der Waals surface area contributed by atoms with E-state index in [0.717, 1.165) is 0 Å². The molecule has 0 bridgehead atoms. The number of sulfone groups is 1. The summed E-state index contributed by atoms with van der Waals surface area (Å²) in [6, 6.07) is 9.11. The van der Waals surface area contributed by atoms with Crippen molar-refractivity contribution in [1.82, 2.24) is 14.8 Å². The summed E-state index contributed by atoms with van der Waals surface area (Å²) >= 11 is 1.32. The lowest BCUT2D eigenvalue weighted by Crippen LogP contribution is -2.09. The van der Waals surface area contributed by atoms with Crippen molar-refractivity contribution in [2.45, 2.75) is 17.5 Å². The number of carbonyl (C=O) groups excluding carboxylic acids is 1. The Kier molecular flexibility index (Phi) is 4.54. The van der Waals surface area contributed by atoms with E-state index in [1.165, 1.54) is 11.8 Å². The second-order valence-electron chi connectivity index (χ2n) is 5.58. The van der Waals surface area contributed by atoms with Crippen LogP contribution in [-0.2, 0) is 16.9 Å². The first-order chi connectivity index (χ1) is 11.0. The van der Waals surface area contributed by atoms with Crippen molar-refractivity contribution in [2.24, 2.45) is 7.05 Å². The zero-order valence-corrected chi connectivity index (χ0v) is 14.3. The van der Waals surface area contributed by atoms with Gasteiger partial charge in [-0.1, -0.05) is 42.1 Å². The number of Topliss-reactive ketones (excluding diaryl/α,β-unsaturated/α-hetero) is 1. The van der Waals surface area contributed by atoms with Gasteiger partial charge in [-0.2, -0.15) is 0 Å². The molecule has 1 fully saturated rings. The Morgan fingerprint density at radius 1 is 1.30 bits per heavy atom. The van der Waals surface area contributed by atoms with Gasteiger partial charge in [-0.25, -0.2) is 8.42 Å². The van der Waals surface area contributed by atoms with Crippen molar-refractivity contribution in [3.8, 4) is 0 Å². The first-order valence-electron chi connectivity index (χ1n) is 7.27. The highest BCUT2D eigenvalue weighted by Crippen LogP contribution is 2.29. The quantitative estimate of drug-likeness (QED) is 0.602. The summed E-state index contributed by atoms with van der Waals surface area (Å²) in [6.45, 7) is 0. The second-order valence-corrected chi connectivity index (χ2v) is 8.75. The maximum Gasteiger partial charge on any atom is 0.191 e. The minimum atomic E-state index is -2.95. The molecule has 2 aromatic rings. The number of aromatic nitrogens is 3. The zero-order chi connectivity index (χ0) is 16.4.